The zero-order valence-corrected chi connectivity index (χ0v) is 18.3. The number of hydrogen-bond donors (Lipinski definition) is 0. The largest absolute Gasteiger partial charge is 0.497 e. The fraction of sp³-hybridized carbons (Fsp3) is 0.160. The minimum absolute atomic E-state index is 0.00544. The fourth-order valence-electron chi connectivity index (χ4n) is 4.43. The van der Waals surface area contributed by atoms with Gasteiger partial charge in [-0.2, -0.15) is 10.1 Å². The van der Waals surface area contributed by atoms with Gasteiger partial charge in [-0.3, -0.25) is 19.8 Å². The number of rotatable bonds is 5. The summed E-state index contributed by atoms with van der Waals surface area (Å²) in [5.74, 6) is 0.582. The van der Waals surface area contributed by atoms with Crippen molar-refractivity contribution in [2.75, 3.05) is 12.0 Å². The molecule has 1 aliphatic heterocycles. The van der Waals surface area contributed by atoms with E-state index in [0.717, 1.165) is 16.9 Å². The van der Waals surface area contributed by atoms with Gasteiger partial charge in [-0.1, -0.05) is 54.6 Å². The summed E-state index contributed by atoms with van der Waals surface area (Å²) in [6.07, 6.45) is 1.91. The van der Waals surface area contributed by atoms with Crippen molar-refractivity contribution in [2.45, 2.75) is 18.5 Å². The molecule has 0 saturated heterocycles. The van der Waals surface area contributed by atoms with Gasteiger partial charge < -0.3 is 4.74 Å². The van der Waals surface area contributed by atoms with Crippen LogP contribution in [-0.4, -0.2) is 32.7 Å². The first-order valence-electron chi connectivity index (χ1n) is 10.7. The molecule has 0 saturated carbocycles. The van der Waals surface area contributed by atoms with Gasteiger partial charge in [0.1, 0.15) is 17.6 Å². The summed E-state index contributed by atoms with van der Waals surface area (Å²) in [7, 11) is 1.61. The smallest absolute Gasteiger partial charge is 0.282 e. The van der Waals surface area contributed by atoms with Crippen molar-refractivity contribution in [2.24, 2.45) is 0 Å². The summed E-state index contributed by atoms with van der Waals surface area (Å²) >= 11 is 0. The highest BCUT2D eigenvalue weighted by Crippen LogP contribution is 2.43. The third-order valence-electron chi connectivity index (χ3n) is 6.06. The Kier molecular flexibility index (Phi) is 5.51. The molecule has 9 nitrogen and oxygen atoms in total. The Morgan fingerprint density at radius 1 is 0.971 bits per heavy atom. The number of nitrogens with zero attached hydrogens (tertiary/aromatic N) is 5. The fourth-order valence-corrected chi connectivity index (χ4v) is 4.43. The molecule has 0 bridgehead atoms. The lowest BCUT2D eigenvalue weighted by atomic mass is 9.91. The van der Waals surface area contributed by atoms with Gasteiger partial charge in [0.2, 0.25) is 5.95 Å². The number of anilines is 1. The van der Waals surface area contributed by atoms with E-state index in [4.69, 9.17) is 4.74 Å². The topological polar surface area (TPSA) is 103 Å². The number of para-hydroxylation sites is 1. The van der Waals surface area contributed by atoms with Crippen LogP contribution in [0.3, 0.4) is 0 Å². The SMILES string of the molecule is COc1ccc([C@H]2C[C@H](c3ccccc3)N(C(=O)c3ccccc3[N+](=O)[O-])c3ncnn32)cc1. The molecule has 0 spiro atoms. The second-order valence-electron chi connectivity index (χ2n) is 7.91. The van der Waals surface area contributed by atoms with Crippen LogP contribution in [0.1, 0.15) is 40.0 Å². The van der Waals surface area contributed by atoms with Crippen LogP contribution < -0.4 is 9.64 Å². The maximum Gasteiger partial charge on any atom is 0.282 e. The molecule has 170 valence electrons. The van der Waals surface area contributed by atoms with E-state index in [1.807, 2.05) is 54.6 Å². The molecule has 5 rings (SSSR count). The number of methoxy groups -OCH3 is 1. The summed E-state index contributed by atoms with van der Waals surface area (Å²) in [5.41, 5.74) is 1.65. The Hall–Kier alpha value is -4.53. The van der Waals surface area contributed by atoms with Crippen LogP contribution in [-0.2, 0) is 0 Å². The molecule has 2 atom stereocenters. The number of amides is 1. The Bertz CT molecular complexity index is 1340. The molecule has 2 heterocycles. The minimum atomic E-state index is -0.542. The third kappa shape index (κ3) is 3.66. The average Bonchev–Trinajstić information content (AvgIpc) is 3.38. The highest BCUT2D eigenvalue weighted by atomic mass is 16.6. The van der Waals surface area contributed by atoms with E-state index in [1.54, 1.807) is 23.9 Å². The number of carbonyl (C=O) groups is 1. The molecular formula is C25H21N5O4. The van der Waals surface area contributed by atoms with Crippen LogP contribution >= 0.6 is 0 Å². The van der Waals surface area contributed by atoms with Crippen molar-refractivity contribution < 1.29 is 14.5 Å². The van der Waals surface area contributed by atoms with Gasteiger partial charge in [0.15, 0.2) is 0 Å². The second-order valence-corrected chi connectivity index (χ2v) is 7.91. The van der Waals surface area contributed by atoms with Crippen LogP contribution in [0.4, 0.5) is 11.6 Å². The van der Waals surface area contributed by atoms with Crippen LogP contribution in [0.5, 0.6) is 5.75 Å². The molecular weight excluding hydrogens is 434 g/mol. The highest BCUT2D eigenvalue weighted by Gasteiger charge is 2.41. The van der Waals surface area contributed by atoms with E-state index >= 15 is 0 Å². The van der Waals surface area contributed by atoms with E-state index in [9.17, 15) is 14.9 Å². The lowest BCUT2D eigenvalue weighted by Crippen LogP contribution is -2.42. The Labute approximate surface area is 195 Å². The van der Waals surface area contributed by atoms with Crippen molar-refractivity contribution in [1.29, 1.82) is 0 Å². The van der Waals surface area contributed by atoms with Crippen molar-refractivity contribution >= 4 is 17.5 Å². The molecule has 0 unspecified atom stereocenters. The highest BCUT2D eigenvalue weighted by molar-refractivity contribution is 6.08. The van der Waals surface area contributed by atoms with Crippen molar-refractivity contribution in [3.8, 4) is 5.75 Å². The molecule has 0 N–H and O–H groups in total. The molecule has 0 radical (unpaired) electrons. The number of nitro groups is 1. The van der Waals surface area contributed by atoms with Crippen molar-refractivity contribution in [1.82, 2.24) is 14.8 Å². The second kappa shape index (κ2) is 8.78. The van der Waals surface area contributed by atoms with Gasteiger partial charge in [0, 0.05) is 6.07 Å². The zero-order chi connectivity index (χ0) is 23.7. The van der Waals surface area contributed by atoms with Gasteiger partial charge in [-0.05, 0) is 35.7 Å². The quantitative estimate of drug-likeness (QED) is 0.322. The summed E-state index contributed by atoms with van der Waals surface area (Å²) in [6, 6.07) is 22.7. The molecule has 1 aliphatic rings. The molecule has 1 amide bonds. The van der Waals surface area contributed by atoms with Gasteiger partial charge in [-0.15, -0.1) is 0 Å². The summed E-state index contributed by atoms with van der Waals surface area (Å²) < 4.78 is 6.99. The number of hydrogen-bond acceptors (Lipinski definition) is 6. The third-order valence-corrected chi connectivity index (χ3v) is 6.06. The number of benzene rings is 3. The number of fused-ring (bicyclic) bond motifs is 1. The normalized spacial score (nSPS) is 17.1. The van der Waals surface area contributed by atoms with Crippen LogP contribution in [0.25, 0.3) is 0 Å². The Balaban J connectivity index is 1.65. The van der Waals surface area contributed by atoms with Crippen LogP contribution in [0.15, 0.2) is 85.2 Å². The molecule has 1 aromatic heterocycles. The zero-order valence-electron chi connectivity index (χ0n) is 18.3. The monoisotopic (exact) mass is 455 g/mol. The first kappa shape index (κ1) is 21.3. The number of carbonyl (C=O) groups excluding carboxylic acids is 1. The van der Waals surface area contributed by atoms with Crippen molar-refractivity contribution in [3.63, 3.8) is 0 Å². The minimum Gasteiger partial charge on any atom is -0.497 e. The van der Waals surface area contributed by atoms with E-state index in [1.165, 1.54) is 23.4 Å². The first-order chi connectivity index (χ1) is 16.6. The molecule has 0 aliphatic carbocycles. The van der Waals surface area contributed by atoms with Gasteiger partial charge in [-0.25, -0.2) is 4.68 Å². The van der Waals surface area contributed by atoms with E-state index in [-0.39, 0.29) is 17.3 Å². The molecule has 3 aromatic carbocycles. The molecule has 9 heteroatoms. The van der Waals surface area contributed by atoms with Gasteiger partial charge in [0.05, 0.1) is 24.1 Å². The lowest BCUT2D eigenvalue weighted by molar-refractivity contribution is -0.385. The maximum absolute atomic E-state index is 13.8. The van der Waals surface area contributed by atoms with Crippen LogP contribution in [0.2, 0.25) is 0 Å². The number of ether oxygens (including phenoxy) is 1. The number of nitro benzene ring substituents is 1. The van der Waals surface area contributed by atoms with Gasteiger partial charge in [0.25, 0.3) is 11.6 Å². The van der Waals surface area contributed by atoms with Crippen molar-refractivity contribution in [3.05, 3.63) is 112 Å². The average molecular weight is 455 g/mol. The predicted molar refractivity (Wildman–Crippen MR) is 125 cm³/mol. The van der Waals surface area contributed by atoms with Crippen LogP contribution in [0, 0.1) is 10.1 Å². The van der Waals surface area contributed by atoms with E-state index in [0.29, 0.717) is 12.4 Å². The predicted octanol–water partition coefficient (Wildman–Crippen LogP) is 4.58. The maximum atomic E-state index is 13.8. The van der Waals surface area contributed by atoms with E-state index < -0.39 is 16.9 Å². The summed E-state index contributed by atoms with van der Waals surface area (Å²) in [4.78, 5) is 30.8. The first-order valence-corrected chi connectivity index (χ1v) is 10.7. The molecule has 0 fully saturated rings. The molecule has 34 heavy (non-hydrogen) atoms. The molecule has 4 aromatic rings. The summed E-state index contributed by atoms with van der Waals surface area (Å²) in [6.45, 7) is 0. The lowest BCUT2D eigenvalue weighted by Gasteiger charge is -2.39. The number of aromatic nitrogens is 3. The summed E-state index contributed by atoms with van der Waals surface area (Å²) in [5, 5.41) is 16.1. The Morgan fingerprint density at radius 3 is 2.35 bits per heavy atom. The Morgan fingerprint density at radius 2 is 1.65 bits per heavy atom. The van der Waals surface area contributed by atoms with E-state index in [2.05, 4.69) is 10.1 Å². The van der Waals surface area contributed by atoms with Gasteiger partial charge >= 0.3 is 0 Å². The standard InChI is InChI=1S/C25H21N5O4/c1-34-19-13-11-18(12-14-19)23-15-22(17-7-3-2-4-8-17)28(25-26-16-27-29(23)25)24(31)20-9-5-6-10-21(20)30(32)33/h2-14,16,22-23H,15H2,1H3/t22-,23-/m1/s1.